The minimum atomic E-state index is -1.01. The predicted octanol–water partition coefficient (Wildman–Crippen LogP) is 2.76. The van der Waals surface area contributed by atoms with Crippen molar-refractivity contribution in [2.75, 3.05) is 5.73 Å². The summed E-state index contributed by atoms with van der Waals surface area (Å²) in [6, 6.07) is 10.5. The van der Waals surface area contributed by atoms with Gasteiger partial charge in [-0.15, -0.1) is 0 Å². The summed E-state index contributed by atoms with van der Waals surface area (Å²) in [5.41, 5.74) is 7.07. The SMILES string of the molecule is N#Cc1ccc2nc(N)n(-c3cccc(F)c3F)c2c1. The zero-order valence-electron chi connectivity index (χ0n) is 10.1. The number of hydrogen-bond acceptors (Lipinski definition) is 3. The fraction of sp³-hybridized carbons (Fsp3) is 0. The number of rotatable bonds is 1. The monoisotopic (exact) mass is 270 g/mol. The Morgan fingerprint density at radius 2 is 2.00 bits per heavy atom. The molecule has 4 nitrogen and oxygen atoms in total. The number of aromatic nitrogens is 2. The van der Waals surface area contributed by atoms with Crippen molar-refractivity contribution >= 4 is 17.0 Å². The maximum atomic E-state index is 13.9. The summed E-state index contributed by atoms with van der Waals surface area (Å²) in [6.45, 7) is 0. The molecule has 20 heavy (non-hydrogen) atoms. The van der Waals surface area contributed by atoms with Crippen LogP contribution in [0, 0.1) is 23.0 Å². The van der Waals surface area contributed by atoms with Crippen molar-refractivity contribution in [3.63, 3.8) is 0 Å². The van der Waals surface area contributed by atoms with E-state index in [4.69, 9.17) is 11.0 Å². The van der Waals surface area contributed by atoms with Crippen molar-refractivity contribution < 1.29 is 8.78 Å². The van der Waals surface area contributed by atoms with Gasteiger partial charge in [-0.3, -0.25) is 4.57 Å². The second-order valence-electron chi connectivity index (χ2n) is 4.19. The van der Waals surface area contributed by atoms with Crippen LogP contribution in [-0.4, -0.2) is 9.55 Å². The van der Waals surface area contributed by atoms with E-state index < -0.39 is 11.6 Å². The first-order valence-electron chi connectivity index (χ1n) is 5.74. The second-order valence-corrected chi connectivity index (χ2v) is 4.19. The Hall–Kier alpha value is -2.94. The van der Waals surface area contributed by atoms with E-state index in [-0.39, 0.29) is 11.6 Å². The highest BCUT2D eigenvalue weighted by atomic mass is 19.2. The lowest BCUT2D eigenvalue weighted by atomic mass is 10.2. The molecule has 0 saturated heterocycles. The van der Waals surface area contributed by atoms with Crippen molar-refractivity contribution in [3.8, 4) is 11.8 Å². The maximum absolute atomic E-state index is 13.9. The molecular formula is C14H8F2N4. The Bertz CT molecular complexity index is 861. The third-order valence-corrected chi connectivity index (χ3v) is 2.98. The van der Waals surface area contributed by atoms with Gasteiger partial charge in [-0.1, -0.05) is 6.07 Å². The third-order valence-electron chi connectivity index (χ3n) is 2.98. The highest BCUT2D eigenvalue weighted by molar-refractivity contribution is 5.82. The standard InChI is InChI=1S/C14H8F2N4/c15-9-2-1-3-11(13(9)16)20-12-6-8(7-17)4-5-10(12)19-14(20)18/h1-6H,(H2,18,19). The van der Waals surface area contributed by atoms with Crippen molar-refractivity contribution in [1.82, 2.24) is 9.55 Å². The topological polar surface area (TPSA) is 67.6 Å². The quantitative estimate of drug-likeness (QED) is 0.739. The van der Waals surface area contributed by atoms with E-state index in [0.717, 1.165) is 6.07 Å². The summed E-state index contributed by atoms with van der Waals surface area (Å²) in [5.74, 6) is -1.96. The minimum Gasteiger partial charge on any atom is -0.369 e. The minimum absolute atomic E-state index is 0.0274. The summed E-state index contributed by atoms with van der Waals surface area (Å²) < 4.78 is 28.5. The molecule has 0 aliphatic carbocycles. The van der Waals surface area contributed by atoms with Crippen LogP contribution in [0.4, 0.5) is 14.7 Å². The van der Waals surface area contributed by atoms with Crippen LogP contribution in [0.2, 0.25) is 0 Å². The van der Waals surface area contributed by atoms with Crippen LogP contribution in [0.5, 0.6) is 0 Å². The van der Waals surface area contributed by atoms with Crippen LogP contribution in [0.3, 0.4) is 0 Å². The Kier molecular flexibility index (Phi) is 2.61. The van der Waals surface area contributed by atoms with Crippen molar-refractivity contribution in [1.29, 1.82) is 5.26 Å². The number of nitrogens with two attached hydrogens (primary N) is 1. The molecule has 6 heteroatoms. The van der Waals surface area contributed by atoms with Crippen molar-refractivity contribution in [2.45, 2.75) is 0 Å². The summed E-state index contributed by atoms with van der Waals surface area (Å²) in [7, 11) is 0. The van der Waals surface area contributed by atoms with Gasteiger partial charge in [0.1, 0.15) is 0 Å². The Morgan fingerprint density at radius 3 is 2.75 bits per heavy atom. The van der Waals surface area contributed by atoms with Gasteiger partial charge in [0.05, 0.1) is 28.4 Å². The molecule has 2 aromatic carbocycles. The largest absolute Gasteiger partial charge is 0.369 e. The van der Waals surface area contributed by atoms with Crippen molar-refractivity contribution in [3.05, 3.63) is 53.6 Å². The highest BCUT2D eigenvalue weighted by Crippen LogP contribution is 2.26. The van der Waals surface area contributed by atoms with E-state index >= 15 is 0 Å². The van der Waals surface area contributed by atoms with Crippen LogP contribution in [-0.2, 0) is 0 Å². The van der Waals surface area contributed by atoms with Crippen LogP contribution >= 0.6 is 0 Å². The van der Waals surface area contributed by atoms with Gasteiger partial charge >= 0.3 is 0 Å². The van der Waals surface area contributed by atoms with Gasteiger partial charge in [0.2, 0.25) is 5.95 Å². The van der Waals surface area contributed by atoms with E-state index in [1.807, 2.05) is 6.07 Å². The number of hydrogen-bond donors (Lipinski definition) is 1. The fourth-order valence-electron chi connectivity index (χ4n) is 2.08. The Morgan fingerprint density at radius 1 is 1.20 bits per heavy atom. The highest BCUT2D eigenvalue weighted by Gasteiger charge is 2.16. The third kappa shape index (κ3) is 1.68. The lowest BCUT2D eigenvalue weighted by Crippen LogP contribution is -2.04. The maximum Gasteiger partial charge on any atom is 0.206 e. The van der Waals surface area contributed by atoms with Crippen molar-refractivity contribution in [2.24, 2.45) is 0 Å². The smallest absolute Gasteiger partial charge is 0.206 e. The summed E-state index contributed by atoms with van der Waals surface area (Å²) in [4.78, 5) is 4.08. The van der Waals surface area contributed by atoms with Gasteiger partial charge in [0.15, 0.2) is 11.6 Å². The molecule has 0 amide bonds. The van der Waals surface area contributed by atoms with E-state index in [2.05, 4.69) is 4.98 Å². The molecule has 2 N–H and O–H groups in total. The molecule has 0 aliphatic rings. The molecule has 0 saturated carbocycles. The molecule has 98 valence electrons. The first-order chi connectivity index (χ1) is 9.61. The molecule has 0 radical (unpaired) electrons. The molecule has 0 bridgehead atoms. The Balaban J connectivity index is 2.38. The van der Waals surface area contributed by atoms with E-state index in [9.17, 15) is 8.78 Å². The first kappa shape index (κ1) is 12.1. The number of nitrogen functional groups attached to an aromatic ring is 1. The number of halogens is 2. The summed E-state index contributed by atoms with van der Waals surface area (Å²) in [6.07, 6.45) is 0. The lowest BCUT2D eigenvalue weighted by molar-refractivity contribution is 0.505. The van der Waals surface area contributed by atoms with Crippen LogP contribution < -0.4 is 5.73 Å². The van der Waals surface area contributed by atoms with Gasteiger partial charge < -0.3 is 5.73 Å². The molecular weight excluding hydrogens is 262 g/mol. The van der Waals surface area contributed by atoms with Crippen LogP contribution in [0.25, 0.3) is 16.7 Å². The second kappa shape index (κ2) is 4.31. The molecule has 0 fully saturated rings. The normalized spacial score (nSPS) is 10.7. The van der Waals surface area contributed by atoms with E-state index in [1.165, 1.54) is 22.8 Å². The van der Waals surface area contributed by atoms with Gasteiger partial charge in [-0.25, -0.2) is 13.8 Å². The van der Waals surface area contributed by atoms with E-state index in [1.54, 1.807) is 12.1 Å². The fourth-order valence-corrected chi connectivity index (χ4v) is 2.08. The molecule has 3 rings (SSSR count). The Labute approximate surface area is 112 Å². The number of benzene rings is 2. The number of nitriles is 1. The van der Waals surface area contributed by atoms with Crippen LogP contribution in [0.1, 0.15) is 5.56 Å². The number of anilines is 1. The molecule has 1 heterocycles. The first-order valence-corrected chi connectivity index (χ1v) is 5.74. The van der Waals surface area contributed by atoms with Gasteiger partial charge in [-0.05, 0) is 30.3 Å². The predicted molar refractivity (Wildman–Crippen MR) is 70.1 cm³/mol. The summed E-state index contributed by atoms with van der Waals surface area (Å²) in [5, 5.41) is 8.92. The average Bonchev–Trinajstić information content (AvgIpc) is 2.77. The van der Waals surface area contributed by atoms with Crippen LogP contribution in [0.15, 0.2) is 36.4 Å². The zero-order valence-corrected chi connectivity index (χ0v) is 10.1. The van der Waals surface area contributed by atoms with E-state index in [0.29, 0.717) is 16.6 Å². The average molecular weight is 270 g/mol. The zero-order chi connectivity index (χ0) is 14.3. The van der Waals surface area contributed by atoms with Gasteiger partial charge in [0.25, 0.3) is 0 Å². The number of imidazole rings is 1. The molecule has 3 aromatic rings. The molecule has 0 unspecified atom stereocenters. The molecule has 0 aliphatic heterocycles. The molecule has 0 spiro atoms. The van der Waals surface area contributed by atoms with Gasteiger partial charge in [-0.2, -0.15) is 5.26 Å². The van der Waals surface area contributed by atoms with Gasteiger partial charge in [0, 0.05) is 0 Å². The summed E-state index contributed by atoms with van der Waals surface area (Å²) >= 11 is 0. The number of nitrogens with zero attached hydrogens (tertiary/aromatic N) is 3. The number of fused-ring (bicyclic) bond motifs is 1. The lowest BCUT2D eigenvalue weighted by Gasteiger charge is -2.08. The molecule has 1 aromatic heterocycles. The molecule has 0 atom stereocenters.